The van der Waals surface area contributed by atoms with Crippen molar-refractivity contribution in [3.63, 3.8) is 0 Å². The van der Waals surface area contributed by atoms with Crippen molar-refractivity contribution in [3.05, 3.63) is 37.1 Å². The summed E-state index contributed by atoms with van der Waals surface area (Å²) in [6.45, 7) is 17.7. The predicted molar refractivity (Wildman–Crippen MR) is 175 cm³/mol. The maximum atomic E-state index is 11.1. The second-order valence-corrected chi connectivity index (χ2v) is 11.8. The summed E-state index contributed by atoms with van der Waals surface area (Å²) in [5.74, 6) is -0.262. The first-order valence-electron chi connectivity index (χ1n) is 16.8. The smallest absolute Gasteiger partial charge is 0.333 e. The molecule has 0 spiro atoms. The van der Waals surface area contributed by atoms with Crippen molar-refractivity contribution < 1.29 is 23.9 Å². The number of esters is 2. The van der Waals surface area contributed by atoms with Gasteiger partial charge in [-0.25, -0.2) is 9.59 Å². The van der Waals surface area contributed by atoms with Crippen LogP contribution in [-0.4, -0.2) is 42.0 Å². The third-order valence-electron chi connectivity index (χ3n) is 7.58. The van der Waals surface area contributed by atoms with E-state index in [1.807, 2.05) is 0 Å². The number of hydrogen-bond acceptors (Lipinski definition) is 5. The maximum absolute atomic E-state index is 11.1. The van der Waals surface area contributed by atoms with Gasteiger partial charge < -0.3 is 14.4 Å². The van der Waals surface area contributed by atoms with Gasteiger partial charge >= 0.3 is 11.9 Å². The third kappa shape index (κ3) is 23.2. The predicted octanol–water partition coefficient (Wildman–Crippen LogP) is 9.78. The molecule has 42 heavy (non-hydrogen) atoms. The van der Waals surface area contributed by atoms with Crippen molar-refractivity contribution in [2.45, 2.75) is 162 Å². The van der Waals surface area contributed by atoms with Crippen molar-refractivity contribution in [1.29, 1.82) is 0 Å². The summed E-state index contributed by atoms with van der Waals surface area (Å²) in [6, 6.07) is 0. The molecule has 1 amide bonds. The summed E-state index contributed by atoms with van der Waals surface area (Å²) in [7, 11) is 0. The number of hydrogen-bond donors (Lipinski definition) is 0. The highest BCUT2D eigenvalue weighted by Gasteiger charge is 2.17. The van der Waals surface area contributed by atoms with E-state index in [0.29, 0.717) is 24.2 Å². The van der Waals surface area contributed by atoms with Crippen molar-refractivity contribution >= 4 is 17.8 Å². The molecule has 6 nitrogen and oxygen atoms in total. The normalized spacial score (nSPS) is 15.2. The van der Waals surface area contributed by atoms with Gasteiger partial charge in [0.05, 0.1) is 6.61 Å². The van der Waals surface area contributed by atoms with E-state index >= 15 is 0 Å². The summed E-state index contributed by atoms with van der Waals surface area (Å²) in [6.07, 6.45) is 27.4. The number of carbonyl (C=O) groups is 3. The Morgan fingerprint density at radius 3 is 1.76 bits per heavy atom. The lowest BCUT2D eigenvalue weighted by molar-refractivity contribution is -0.145. The number of rotatable bonds is 17. The molecule has 2 aliphatic rings. The van der Waals surface area contributed by atoms with Gasteiger partial charge in [-0.3, -0.25) is 4.79 Å². The summed E-state index contributed by atoms with van der Waals surface area (Å²) < 4.78 is 10.3. The van der Waals surface area contributed by atoms with Gasteiger partial charge in [-0.05, 0) is 65.0 Å². The van der Waals surface area contributed by atoms with Crippen molar-refractivity contribution in [2.24, 2.45) is 0 Å². The van der Waals surface area contributed by atoms with Crippen LogP contribution in [0.3, 0.4) is 0 Å². The summed E-state index contributed by atoms with van der Waals surface area (Å²) in [4.78, 5) is 35.0. The Morgan fingerprint density at radius 2 is 1.26 bits per heavy atom. The minimum atomic E-state index is -0.256. The van der Waals surface area contributed by atoms with E-state index in [-0.39, 0.29) is 23.9 Å². The molecule has 0 N–H and O–H groups in total. The summed E-state index contributed by atoms with van der Waals surface area (Å²) in [5, 5.41) is 0. The zero-order valence-corrected chi connectivity index (χ0v) is 27.5. The fourth-order valence-electron chi connectivity index (χ4n) is 4.86. The molecule has 1 saturated heterocycles. The van der Waals surface area contributed by atoms with E-state index < -0.39 is 0 Å². The van der Waals surface area contributed by atoms with Crippen molar-refractivity contribution in [2.75, 3.05) is 13.2 Å². The largest absolute Gasteiger partial charge is 0.462 e. The standard InChI is InChI=1S/C18H34O2.C10H16O2.C8H13NO/c1-4-5-6-7-8-9-10-11-12-13-14-15-16-20-18(19)17(2)3;1-8(2)10(11)12-9-6-4-3-5-7-9;1-2-9-7-5-3-4-6-8(9)10/h2,4-16H2,1,3H3;9H,1,3-7H2,2H3;2H,1,3-7H2. The van der Waals surface area contributed by atoms with Crippen LogP contribution >= 0.6 is 0 Å². The van der Waals surface area contributed by atoms with E-state index in [0.717, 1.165) is 38.6 Å². The average molecular weight is 590 g/mol. The maximum Gasteiger partial charge on any atom is 0.333 e. The molecule has 0 aromatic rings. The van der Waals surface area contributed by atoms with Crippen LogP contribution < -0.4 is 0 Å². The molecule has 2 rings (SSSR count). The fourth-order valence-corrected chi connectivity index (χ4v) is 4.86. The Labute approximate surface area is 258 Å². The number of unbranched alkanes of at least 4 members (excludes halogenated alkanes) is 11. The summed E-state index contributed by atoms with van der Waals surface area (Å²) in [5.41, 5.74) is 0.990. The number of nitrogens with zero attached hydrogens (tertiary/aromatic N) is 1. The van der Waals surface area contributed by atoms with Crippen LogP contribution in [0, 0.1) is 0 Å². The van der Waals surface area contributed by atoms with Gasteiger partial charge in [-0.15, -0.1) is 0 Å². The molecule has 1 heterocycles. The molecular formula is C36H63NO5. The van der Waals surface area contributed by atoms with Gasteiger partial charge in [-0.1, -0.05) is 110 Å². The molecule has 1 aliphatic carbocycles. The Morgan fingerprint density at radius 1 is 0.762 bits per heavy atom. The molecule has 0 aromatic heterocycles. The molecule has 2 fully saturated rings. The Balaban J connectivity index is 0.000000646. The van der Waals surface area contributed by atoms with Crippen LogP contribution in [0.15, 0.2) is 37.1 Å². The first-order valence-corrected chi connectivity index (χ1v) is 16.8. The quantitative estimate of drug-likeness (QED) is 0.0959. The van der Waals surface area contributed by atoms with Gasteiger partial charge in [0.1, 0.15) is 6.10 Å². The lowest BCUT2D eigenvalue weighted by Gasteiger charge is -2.21. The van der Waals surface area contributed by atoms with Gasteiger partial charge in [-0.2, -0.15) is 0 Å². The van der Waals surface area contributed by atoms with Crippen LogP contribution in [-0.2, 0) is 23.9 Å². The molecule has 242 valence electrons. The monoisotopic (exact) mass is 589 g/mol. The Bertz CT molecular complexity index is 769. The first-order chi connectivity index (χ1) is 20.2. The molecule has 0 radical (unpaired) electrons. The highest BCUT2D eigenvalue weighted by Crippen LogP contribution is 2.21. The zero-order valence-electron chi connectivity index (χ0n) is 27.5. The second-order valence-electron chi connectivity index (χ2n) is 11.8. The molecule has 0 atom stereocenters. The first kappa shape index (κ1) is 39.6. The molecule has 6 heteroatoms. The fraction of sp³-hybridized carbons (Fsp3) is 0.750. The van der Waals surface area contributed by atoms with Gasteiger partial charge in [0.2, 0.25) is 5.91 Å². The molecule has 0 aromatic carbocycles. The average Bonchev–Trinajstić information content (AvgIpc) is 3.20. The molecule has 0 bridgehead atoms. The van der Waals surface area contributed by atoms with E-state index in [9.17, 15) is 14.4 Å². The molecule has 1 aliphatic heterocycles. The van der Waals surface area contributed by atoms with E-state index in [4.69, 9.17) is 9.47 Å². The topological polar surface area (TPSA) is 72.9 Å². The number of amides is 1. The van der Waals surface area contributed by atoms with Crippen LogP contribution in [0.2, 0.25) is 0 Å². The van der Waals surface area contributed by atoms with Crippen molar-refractivity contribution in [1.82, 2.24) is 4.90 Å². The Hall–Kier alpha value is -2.37. The highest BCUT2D eigenvalue weighted by molar-refractivity contribution is 5.87. The van der Waals surface area contributed by atoms with E-state index in [2.05, 4.69) is 26.7 Å². The lowest BCUT2D eigenvalue weighted by atomic mass is 9.98. The number of likely N-dealkylation sites (tertiary alicyclic amines) is 1. The zero-order chi connectivity index (χ0) is 31.4. The molecule has 0 unspecified atom stereocenters. The highest BCUT2D eigenvalue weighted by atomic mass is 16.5. The third-order valence-corrected chi connectivity index (χ3v) is 7.58. The van der Waals surface area contributed by atoms with Crippen molar-refractivity contribution in [3.8, 4) is 0 Å². The Kier molecular flexibility index (Phi) is 25.9. The van der Waals surface area contributed by atoms with E-state index in [1.165, 1.54) is 96.3 Å². The van der Waals surface area contributed by atoms with Crippen LogP contribution in [0.5, 0.6) is 0 Å². The minimum Gasteiger partial charge on any atom is -0.462 e. The van der Waals surface area contributed by atoms with Gasteiger partial charge in [0, 0.05) is 24.1 Å². The summed E-state index contributed by atoms with van der Waals surface area (Å²) >= 11 is 0. The van der Waals surface area contributed by atoms with Gasteiger partial charge in [0.25, 0.3) is 0 Å². The lowest BCUT2D eigenvalue weighted by Crippen LogP contribution is -2.23. The minimum absolute atomic E-state index is 0.156. The van der Waals surface area contributed by atoms with E-state index in [1.54, 1.807) is 24.9 Å². The SMILES string of the molecule is C=C(C)C(=O)OC1CCCCC1.C=C(C)C(=O)OCCCCCCCCCCCCCC.C=CN1CCCCCC1=O. The molecular weight excluding hydrogens is 526 g/mol. The van der Waals surface area contributed by atoms with Crippen LogP contribution in [0.25, 0.3) is 0 Å². The molecule has 1 saturated carbocycles. The number of ether oxygens (including phenoxy) is 2. The van der Waals surface area contributed by atoms with Crippen LogP contribution in [0.4, 0.5) is 0 Å². The number of carbonyl (C=O) groups excluding carboxylic acids is 3. The van der Waals surface area contributed by atoms with Gasteiger partial charge in [0.15, 0.2) is 0 Å². The van der Waals surface area contributed by atoms with Crippen LogP contribution in [0.1, 0.15) is 156 Å². The second kappa shape index (κ2) is 27.5.